The molecule has 0 aliphatic heterocycles. The molecule has 0 atom stereocenters. The van der Waals surface area contributed by atoms with E-state index in [0.29, 0.717) is 25.0 Å². The van der Waals surface area contributed by atoms with Gasteiger partial charge in [-0.2, -0.15) is 0 Å². The molecule has 1 heterocycles. The summed E-state index contributed by atoms with van der Waals surface area (Å²) in [6.45, 7) is 3.13. The predicted octanol–water partition coefficient (Wildman–Crippen LogP) is 4.26. The molecule has 2 aliphatic rings. The maximum atomic E-state index is 13.1. The Bertz CT molecular complexity index is 646. The van der Waals surface area contributed by atoms with Gasteiger partial charge in [0.2, 0.25) is 11.8 Å². The number of hydrogen-bond donors (Lipinski definition) is 0. The van der Waals surface area contributed by atoms with Crippen LogP contribution in [0.15, 0.2) is 18.3 Å². The lowest BCUT2D eigenvalue weighted by atomic mass is 10.1. The van der Waals surface area contributed by atoms with Crippen LogP contribution in [-0.2, 0) is 23.2 Å². The standard InChI is InChI=1S/C23H37N3O2/c1-3-4-5-6-7-8-11-22(27)26(20-14-15-20)18-23(28)25(19-12-13-19)17-21-10-9-16-24(21)2/h9-10,16,19-20H,3-8,11-15,17-18H2,1-2H3. The summed E-state index contributed by atoms with van der Waals surface area (Å²) in [4.78, 5) is 29.7. The number of amides is 2. The lowest BCUT2D eigenvalue weighted by Gasteiger charge is -2.28. The van der Waals surface area contributed by atoms with E-state index in [1.807, 2.05) is 29.1 Å². The molecule has 2 amide bonds. The smallest absolute Gasteiger partial charge is 0.242 e. The molecule has 0 N–H and O–H groups in total. The zero-order valence-corrected chi connectivity index (χ0v) is 17.7. The first-order valence-electron chi connectivity index (χ1n) is 11.3. The Balaban J connectivity index is 1.50. The molecule has 5 heteroatoms. The van der Waals surface area contributed by atoms with E-state index in [1.54, 1.807) is 0 Å². The fourth-order valence-electron chi connectivity index (χ4n) is 3.89. The van der Waals surface area contributed by atoms with Crippen molar-refractivity contribution in [3.63, 3.8) is 0 Å². The summed E-state index contributed by atoms with van der Waals surface area (Å²) in [5.41, 5.74) is 1.15. The van der Waals surface area contributed by atoms with Gasteiger partial charge in [0.1, 0.15) is 6.54 Å². The second kappa shape index (κ2) is 10.1. The SMILES string of the molecule is CCCCCCCCC(=O)N(CC(=O)N(Cc1cccn1C)C1CC1)C1CC1. The van der Waals surface area contributed by atoms with Gasteiger partial charge in [-0.05, 0) is 44.2 Å². The molecule has 0 saturated heterocycles. The van der Waals surface area contributed by atoms with Crippen LogP contribution in [0.5, 0.6) is 0 Å². The number of aromatic nitrogens is 1. The number of carbonyl (C=O) groups is 2. The molecule has 0 spiro atoms. The Morgan fingerprint density at radius 1 is 0.964 bits per heavy atom. The van der Waals surface area contributed by atoms with Crippen LogP contribution in [0.1, 0.15) is 83.2 Å². The summed E-state index contributed by atoms with van der Waals surface area (Å²) in [5, 5.41) is 0. The lowest BCUT2D eigenvalue weighted by Crippen LogP contribution is -2.44. The monoisotopic (exact) mass is 387 g/mol. The molecule has 0 aromatic carbocycles. The van der Waals surface area contributed by atoms with Crippen LogP contribution in [0.25, 0.3) is 0 Å². The number of aryl methyl sites for hydroxylation is 1. The van der Waals surface area contributed by atoms with Crippen molar-refractivity contribution in [3.05, 3.63) is 24.0 Å². The van der Waals surface area contributed by atoms with E-state index in [0.717, 1.165) is 44.2 Å². The number of unbranched alkanes of at least 4 members (excludes halogenated alkanes) is 5. The Morgan fingerprint density at radius 2 is 1.61 bits per heavy atom. The van der Waals surface area contributed by atoms with Gasteiger partial charge in [-0.15, -0.1) is 0 Å². The maximum Gasteiger partial charge on any atom is 0.242 e. The van der Waals surface area contributed by atoms with Crippen molar-refractivity contribution < 1.29 is 9.59 Å². The van der Waals surface area contributed by atoms with Crippen LogP contribution < -0.4 is 0 Å². The van der Waals surface area contributed by atoms with Gasteiger partial charge in [0.25, 0.3) is 0 Å². The highest BCUT2D eigenvalue weighted by Gasteiger charge is 2.38. The van der Waals surface area contributed by atoms with E-state index >= 15 is 0 Å². The molecule has 5 nitrogen and oxygen atoms in total. The maximum absolute atomic E-state index is 13.1. The van der Waals surface area contributed by atoms with E-state index in [2.05, 4.69) is 17.6 Å². The Morgan fingerprint density at radius 3 is 2.21 bits per heavy atom. The van der Waals surface area contributed by atoms with E-state index in [1.165, 1.54) is 25.7 Å². The topological polar surface area (TPSA) is 45.6 Å². The molecule has 2 aliphatic carbocycles. The highest BCUT2D eigenvalue weighted by Crippen LogP contribution is 2.31. The quantitative estimate of drug-likeness (QED) is 0.475. The lowest BCUT2D eigenvalue weighted by molar-refractivity contribution is -0.141. The van der Waals surface area contributed by atoms with Crippen LogP contribution in [0.4, 0.5) is 0 Å². The third-order valence-electron chi connectivity index (χ3n) is 6.05. The first-order valence-corrected chi connectivity index (χ1v) is 11.3. The number of nitrogens with zero attached hydrogens (tertiary/aromatic N) is 3. The third-order valence-corrected chi connectivity index (χ3v) is 6.05. The minimum atomic E-state index is 0.117. The summed E-state index contributed by atoms with van der Waals surface area (Å²) in [7, 11) is 2.02. The second-order valence-corrected chi connectivity index (χ2v) is 8.63. The molecule has 28 heavy (non-hydrogen) atoms. The normalized spacial score (nSPS) is 16.2. The van der Waals surface area contributed by atoms with Gasteiger partial charge >= 0.3 is 0 Å². The first-order chi connectivity index (χ1) is 13.6. The van der Waals surface area contributed by atoms with Gasteiger partial charge in [0.15, 0.2) is 0 Å². The van der Waals surface area contributed by atoms with E-state index in [4.69, 9.17) is 0 Å². The fraction of sp³-hybridized carbons (Fsp3) is 0.739. The van der Waals surface area contributed by atoms with Crippen molar-refractivity contribution in [1.29, 1.82) is 0 Å². The van der Waals surface area contributed by atoms with E-state index in [9.17, 15) is 9.59 Å². The molecule has 2 fully saturated rings. The van der Waals surface area contributed by atoms with Crippen molar-refractivity contribution in [2.24, 2.45) is 7.05 Å². The first kappa shape index (κ1) is 20.9. The zero-order valence-electron chi connectivity index (χ0n) is 17.7. The van der Waals surface area contributed by atoms with E-state index < -0.39 is 0 Å². The second-order valence-electron chi connectivity index (χ2n) is 8.63. The van der Waals surface area contributed by atoms with Gasteiger partial charge in [0, 0.05) is 37.4 Å². The molecular formula is C23H37N3O2. The van der Waals surface area contributed by atoms with Crippen LogP contribution in [0, 0.1) is 0 Å². The Labute approximate surface area is 170 Å². The van der Waals surface area contributed by atoms with Gasteiger partial charge in [0.05, 0.1) is 6.54 Å². The molecule has 0 radical (unpaired) electrons. The summed E-state index contributed by atoms with van der Waals surface area (Å²) >= 11 is 0. The van der Waals surface area contributed by atoms with Gasteiger partial charge < -0.3 is 14.4 Å². The molecule has 1 aromatic heterocycles. The van der Waals surface area contributed by atoms with Crippen LogP contribution in [0.2, 0.25) is 0 Å². The minimum absolute atomic E-state index is 0.117. The number of rotatable bonds is 13. The van der Waals surface area contributed by atoms with Crippen molar-refractivity contribution in [2.75, 3.05) is 6.54 Å². The van der Waals surface area contributed by atoms with Gasteiger partial charge in [-0.25, -0.2) is 0 Å². The molecule has 156 valence electrons. The highest BCUT2D eigenvalue weighted by atomic mass is 16.2. The predicted molar refractivity (Wildman–Crippen MR) is 112 cm³/mol. The summed E-state index contributed by atoms with van der Waals surface area (Å²) < 4.78 is 2.07. The van der Waals surface area contributed by atoms with Gasteiger partial charge in [-0.3, -0.25) is 9.59 Å². The van der Waals surface area contributed by atoms with Gasteiger partial charge in [-0.1, -0.05) is 39.0 Å². The molecule has 0 unspecified atom stereocenters. The van der Waals surface area contributed by atoms with E-state index in [-0.39, 0.29) is 18.4 Å². The number of hydrogen-bond acceptors (Lipinski definition) is 2. The molecule has 1 aromatic rings. The zero-order chi connectivity index (χ0) is 19.9. The largest absolute Gasteiger partial charge is 0.353 e. The van der Waals surface area contributed by atoms with Crippen LogP contribution in [-0.4, -0.2) is 44.8 Å². The number of carbonyl (C=O) groups excluding carboxylic acids is 2. The van der Waals surface area contributed by atoms with Crippen molar-refractivity contribution in [3.8, 4) is 0 Å². The average Bonchev–Trinajstić information content (AvgIpc) is 3.59. The van der Waals surface area contributed by atoms with Crippen molar-refractivity contribution in [2.45, 2.75) is 96.2 Å². The molecule has 0 bridgehead atoms. The molecular weight excluding hydrogens is 350 g/mol. The van der Waals surface area contributed by atoms with Crippen molar-refractivity contribution in [1.82, 2.24) is 14.4 Å². The average molecular weight is 388 g/mol. The van der Waals surface area contributed by atoms with Crippen molar-refractivity contribution >= 4 is 11.8 Å². The minimum Gasteiger partial charge on any atom is -0.353 e. The van der Waals surface area contributed by atoms with Crippen LogP contribution >= 0.6 is 0 Å². The fourth-order valence-corrected chi connectivity index (χ4v) is 3.89. The summed E-state index contributed by atoms with van der Waals surface area (Å²) in [5.74, 6) is 0.299. The van der Waals surface area contributed by atoms with Crippen LogP contribution in [0.3, 0.4) is 0 Å². The Kier molecular flexibility index (Phi) is 7.57. The molecule has 2 saturated carbocycles. The third kappa shape index (κ3) is 6.11. The Hall–Kier alpha value is -1.78. The molecule has 3 rings (SSSR count). The summed E-state index contributed by atoms with van der Waals surface area (Å²) in [6, 6.07) is 4.75. The summed E-state index contributed by atoms with van der Waals surface area (Å²) in [6.07, 6.45) is 14.0. The highest BCUT2D eigenvalue weighted by molar-refractivity contribution is 5.85.